The lowest BCUT2D eigenvalue weighted by Crippen LogP contribution is -2.41. The number of esters is 1. The van der Waals surface area contributed by atoms with E-state index in [2.05, 4.69) is 4.98 Å². The highest BCUT2D eigenvalue weighted by Crippen LogP contribution is 2.31. The predicted octanol–water partition coefficient (Wildman–Crippen LogP) is 2.63. The van der Waals surface area contributed by atoms with Gasteiger partial charge in [0.1, 0.15) is 5.69 Å². The summed E-state index contributed by atoms with van der Waals surface area (Å²) in [4.78, 5) is 29.5. The molecule has 2 aromatic rings. The lowest BCUT2D eigenvalue weighted by atomic mass is 9.96. The van der Waals surface area contributed by atoms with Gasteiger partial charge in [-0.2, -0.15) is 0 Å². The minimum absolute atomic E-state index is 0.0582. The first-order valence-electron chi connectivity index (χ1n) is 7.71. The van der Waals surface area contributed by atoms with Gasteiger partial charge in [0.2, 0.25) is 0 Å². The van der Waals surface area contributed by atoms with E-state index in [4.69, 9.17) is 4.74 Å². The van der Waals surface area contributed by atoms with Crippen molar-refractivity contribution in [3.63, 3.8) is 0 Å². The van der Waals surface area contributed by atoms with Crippen LogP contribution in [0.4, 0.5) is 0 Å². The summed E-state index contributed by atoms with van der Waals surface area (Å²) in [6, 6.07) is 9.32. The molecule has 1 N–H and O–H groups in total. The number of H-pyrrole nitrogens is 1. The van der Waals surface area contributed by atoms with Crippen LogP contribution in [-0.2, 0) is 16.0 Å². The SMILES string of the molecule is COC(=O)CC(c1ccccc1)N1CCc2c(C)c[nH]c2C1=O. The maximum absolute atomic E-state index is 12.9. The molecule has 1 amide bonds. The number of aromatic amines is 1. The summed E-state index contributed by atoms with van der Waals surface area (Å²) in [5, 5.41) is 0. The Morgan fingerprint density at radius 3 is 2.78 bits per heavy atom. The number of carbonyl (C=O) groups is 2. The van der Waals surface area contributed by atoms with Gasteiger partial charge in [-0.15, -0.1) is 0 Å². The zero-order chi connectivity index (χ0) is 16.4. The third-order valence-electron chi connectivity index (χ3n) is 4.44. The predicted molar refractivity (Wildman–Crippen MR) is 86.1 cm³/mol. The molecule has 1 aliphatic heterocycles. The monoisotopic (exact) mass is 312 g/mol. The quantitative estimate of drug-likeness (QED) is 0.883. The average molecular weight is 312 g/mol. The highest BCUT2D eigenvalue weighted by Gasteiger charge is 2.33. The van der Waals surface area contributed by atoms with Crippen molar-refractivity contribution in [1.29, 1.82) is 0 Å². The lowest BCUT2D eigenvalue weighted by Gasteiger charge is -2.34. The topological polar surface area (TPSA) is 62.4 Å². The summed E-state index contributed by atoms with van der Waals surface area (Å²) in [5.74, 6) is -0.378. The molecule has 0 saturated carbocycles. The highest BCUT2D eigenvalue weighted by molar-refractivity contribution is 5.96. The summed E-state index contributed by atoms with van der Waals surface area (Å²) in [7, 11) is 1.37. The van der Waals surface area contributed by atoms with E-state index in [1.165, 1.54) is 7.11 Å². The fourth-order valence-electron chi connectivity index (χ4n) is 3.16. The number of hydrogen-bond donors (Lipinski definition) is 1. The van der Waals surface area contributed by atoms with Crippen molar-refractivity contribution in [2.45, 2.75) is 25.8 Å². The second-order valence-corrected chi connectivity index (χ2v) is 5.78. The van der Waals surface area contributed by atoms with Gasteiger partial charge >= 0.3 is 5.97 Å². The van der Waals surface area contributed by atoms with Crippen LogP contribution >= 0.6 is 0 Å². The summed E-state index contributed by atoms with van der Waals surface area (Å²) < 4.78 is 4.82. The van der Waals surface area contributed by atoms with Crippen LogP contribution in [-0.4, -0.2) is 35.4 Å². The van der Waals surface area contributed by atoms with Crippen LogP contribution in [0.15, 0.2) is 36.5 Å². The van der Waals surface area contributed by atoms with E-state index in [1.807, 2.05) is 43.5 Å². The van der Waals surface area contributed by atoms with Crippen molar-refractivity contribution < 1.29 is 14.3 Å². The van der Waals surface area contributed by atoms with Crippen LogP contribution in [0.3, 0.4) is 0 Å². The number of nitrogens with zero attached hydrogens (tertiary/aromatic N) is 1. The summed E-state index contributed by atoms with van der Waals surface area (Å²) in [6.45, 7) is 2.60. The molecule has 2 heterocycles. The van der Waals surface area contributed by atoms with Crippen molar-refractivity contribution in [3.05, 3.63) is 58.9 Å². The van der Waals surface area contributed by atoms with Crippen LogP contribution in [0.5, 0.6) is 0 Å². The third kappa shape index (κ3) is 2.86. The second kappa shape index (κ2) is 6.28. The molecule has 0 fully saturated rings. The van der Waals surface area contributed by atoms with E-state index in [-0.39, 0.29) is 24.3 Å². The lowest BCUT2D eigenvalue weighted by molar-refractivity contribution is -0.141. The number of amides is 1. The van der Waals surface area contributed by atoms with E-state index in [0.717, 1.165) is 23.1 Å². The van der Waals surface area contributed by atoms with Crippen molar-refractivity contribution in [3.8, 4) is 0 Å². The minimum Gasteiger partial charge on any atom is -0.469 e. The van der Waals surface area contributed by atoms with Crippen LogP contribution in [0.1, 0.15) is 39.6 Å². The molecule has 5 nitrogen and oxygen atoms in total. The van der Waals surface area contributed by atoms with E-state index in [9.17, 15) is 9.59 Å². The first-order chi connectivity index (χ1) is 11.1. The Labute approximate surface area is 135 Å². The number of aromatic nitrogens is 1. The van der Waals surface area contributed by atoms with Crippen molar-refractivity contribution >= 4 is 11.9 Å². The van der Waals surface area contributed by atoms with Crippen LogP contribution < -0.4 is 0 Å². The molecule has 0 saturated heterocycles. The van der Waals surface area contributed by atoms with E-state index < -0.39 is 0 Å². The smallest absolute Gasteiger partial charge is 0.307 e. The zero-order valence-electron chi connectivity index (χ0n) is 13.3. The number of rotatable bonds is 4. The van der Waals surface area contributed by atoms with Gasteiger partial charge in [0.15, 0.2) is 0 Å². The van der Waals surface area contributed by atoms with E-state index in [1.54, 1.807) is 4.90 Å². The van der Waals surface area contributed by atoms with Gasteiger partial charge in [0.25, 0.3) is 5.91 Å². The molecule has 1 aliphatic rings. The number of fused-ring (bicyclic) bond motifs is 1. The first-order valence-corrected chi connectivity index (χ1v) is 7.71. The van der Waals surface area contributed by atoms with E-state index >= 15 is 0 Å². The summed E-state index contributed by atoms with van der Waals surface area (Å²) in [5.41, 5.74) is 3.77. The maximum atomic E-state index is 12.9. The van der Waals surface area contributed by atoms with Gasteiger partial charge in [-0.05, 0) is 30.0 Å². The fourth-order valence-corrected chi connectivity index (χ4v) is 3.16. The van der Waals surface area contributed by atoms with Crippen molar-refractivity contribution in [2.24, 2.45) is 0 Å². The van der Waals surface area contributed by atoms with Crippen molar-refractivity contribution in [2.75, 3.05) is 13.7 Å². The number of hydrogen-bond acceptors (Lipinski definition) is 3. The van der Waals surface area contributed by atoms with Gasteiger partial charge in [-0.3, -0.25) is 9.59 Å². The second-order valence-electron chi connectivity index (χ2n) is 5.78. The molecule has 1 aromatic heterocycles. The van der Waals surface area contributed by atoms with E-state index in [0.29, 0.717) is 12.2 Å². The minimum atomic E-state index is -0.319. The standard InChI is InChI=1S/C18H20N2O3/c1-12-11-19-17-14(12)8-9-20(18(17)22)15(10-16(21)23-2)13-6-4-3-5-7-13/h3-7,11,15,19H,8-10H2,1-2H3. The van der Waals surface area contributed by atoms with Crippen molar-refractivity contribution in [1.82, 2.24) is 9.88 Å². The normalized spacial score (nSPS) is 15.2. The Balaban J connectivity index is 1.94. The number of carbonyl (C=O) groups excluding carboxylic acids is 2. The van der Waals surface area contributed by atoms with Gasteiger partial charge in [-0.25, -0.2) is 0 Å². The third-order valence-corrected chi connectivity index (χ3v) is 4.44. The van der Waals surface area contributed by atoms with Gasteiger partial charge in [0, 0.05) is 12.7 Å². The molecule has 1 aromatic carbocycles. The molecule has 0 aliphatic carbocycles. The molecule has 0 spiro atoms. The average Bonchev–Trinajstić information content (AvgIpc) is 2.96. The van der Waals surface area contributed by atoms with Crippen LogP contribution in [0, 0.1) is 6.92 Å². The van der Waals surface area contributed by atoms with Gasteiger partial charge < -0.3 is 14.6 Å². The first kappa shape index (κ1) is 15.3. The Kier molecular flexibility index (Phi) is 4.19. The van der Waals surface area contributed by atoms with Gasteiger partial charge in [0.05, 0.1) is 19.6 Å². The zero-order valence-corrected chi connectivity index (χ0v) is 13.3. The molecule has 0 bridgehead atoms. The molecule has 3 rings (SSSR count). The Hall–Kier alpha value is -2.56. The molecule has 23 heavy (non-hydrogen) atoms. The largest absolute Gasteiger partial charge is 0.469 e. The fraction of sp³-hybridized carbons (Fsp3) is 0.333. The highest BCUT2D eigenvalue weighted by atomic mass is 16.5. The summed E-state index contributed by atoms with van der Waals surface area (Å²) >= 11 is 0. The Morgan fingerprint density at radius 1 is 1.35 bits per heavy atom. The summed E-state index contributed by atoms with van der Waals surface area (Å²) in [6.07, 6.45) is 2.81. The molecule has 0 radical (unpaired) electrons. The number of ether oxygens (including phenoxy) is 1. The molecular formula is C18H20N2O3. The van der Waals surface area contributed by atoms with Crippen LogP contribution in [0.2, 0.25) is 0 Å². The van der Waals surface area contributed by atoms with Gasteiger partial charge in [-0.1, -0.05) is 30.3 Å². The molecule has 120 valence electrons. The molecule has 5 heteroatoms. The number of aryl methyl sites for hydroxylation is 1. The maximum Gasteiger partial charge on any atom is 0.307 e. The Bertz CT molecular complexity index is 721. The number of benzene rings is 1. The number of nitrogens with one attached hydrogen (secondary N) is 1. The number of methoxy groups -OCH3 is 1. The molecular weight excluding hydrogens is 292 g/mol. The Morgan fingerprint density at radius 2 is 2.09 bits per heavy atom. The molecule has 1 atom stereocenters. The molecule has 1 unspecified atom stereocenters. The van der Waals surface area contributed by atoms with Crippen LogP contribution in [0.25, 0.3) is 0 Å².